The van der Waals surface area contributed by atoms with Gasteiger partial charge in [0.25, 0.3) is 0 Å². The maximum atomic E-state index is 8.21. The summed E-state index contributed by atoms with van der Waals surface area (Å²) in [4.78, 5) is 0. The van der Waals surface area contributed by atoms with Crippen LogP contribution in [0.4, 0.5) is 5.69 Å². The first-order valence-corrected chi connectivity index (χ1v) is 6.78. The van der Waals surface area contributed by atoms with E-state index in [0.29, 0.717) is 30.6 Å². The minimum absolute atomic E-state index is 0.174. The summed E-state index contributed by atoms with van der Waals surface area (Å²) in [5, 5.41) is 13.0. The van der Waals surface area contributed by atoms with E-state index in [9.17, 15) is 0 Å². The largest absolute Gasteiger partial charge is 0.472 e. The number of nitrogens with zero attached hydrogens (tertiary/aromatic N) is 2. The molecule has 0 radical (unpaired) electrons. The highest BCUT2D eigenvalue weighted by atomic mass is 16.6. The lowest BCUT2D eigenvalue weighted by atomic mass is 9.94. The molecule has 2 aliphatic rings. The van der Waals surface area contributed by atoms with Crippen molar-refractivity contribution in [3.05, 3.63) is 23.8 Å². The minimum atomic E-state index is -0.768. The maximum absolute atomic E-state index is 8.21. The van der Waals surface area contributed by atoms with Gasteiger partial charge in [-0.3, -0.25) is 5.41 Å². The summed E-state index contributed by atoms with van der Waals surface area (Å²) in [5.74, 6) is 1.25. The molecule has 2 N–H and O–H groups in total. The van der Waals surface area contributed by atoms with E-state index in [1.807, 2.05) is 18.2 Å². The first-order chi connectivity index (χ1) is 9.61. The fourth-order valence-electron chi connectivity index (χ4n) is 2.49. The van der Waals surface area contributed by atoms with Gasteiger partial charge in [-0.25, -0.2) is 0 Å². The molecular formula is C14H18N4O2. The molecule has 6 nitrogen and oxygen atoms in total. The molecule has 1 fully saturated rings. The molecule has 1 aromatic rings. The summed E-state index contributed by atoms with van der Waals surface area (Å²) >= 11 is 0. The van der Waals surface area contributed by atoms with E-state index < -0.39 is 5.60 Å². The molecule has 106 valence electrons. The molecule has 2 aliphatic heterocycles. The third kappa shape index (κ3) is 1.71. The van der Waals surface area contributed by atoms with Crippen LogP contribution in [-0.2, 0) is 4.74 Å². The van der Waals surface area contributed by atoms with E-state index in [-0.39, 0.29) is 5.84 Å². The molecule has 3 rings (SSSR count). The van der Waals surface area contributed by atoms with E-state index >= 15 is 0 Å². The van der Waals surface area contributed by atoms with E-state index in [4.69, 9.17) is 20.4 Å². The van der Waals surface area contributed by atoms with Crippen molar-refractivity contribution in [1.82, 2.24) is 0 Å². The van der Waals surface area contributed by atoms with Gasteiger partial charge in [0.05, 0.1) is 13.2 Å². The van der Waals surface area contributed by atoms with Crippen molar-refractivity contribution in [3.63, 3.8) is 0 Å². The Bertz CT molecular complexity index is 568. The highest BCUT2D eigenvalue weighted by molar-refractivity contribution is 6.04. The van der Waals surface area contributed by atoms with Crippen LogP contribution in [0.3, 0.4) is 0 Å². The molecule has 2 heterocycles. The van der Waals surface area contributed by atoms with Crippen LogP contribution < -0.4 is 9.75 Å². The van der Waals surface area contributed by atoms with Gasteiger partial charge in [-0.1, -0.05) is 25.1 Å². The van der Waals surface area contributed by atoms with Crippen LogP contribution in [0.2, 0.25) is 0 Å². The van der Waals surface area contributed by atoms with Gasteiger partial charge in [0.2, 0.25) is 5.60 Å². The molecule has 1 aromatic carbocycles. The summed E-state index contributed by atoms with van der Waals surface area (Å²) in [6, 6.07) is 5.90. The van der Waals surface area contributed by atoms with Crippen molar-refractivity contribution < 1.29 is 9.47 Å². The van der Waals surface area contributed by atoms with Crippen molar-refractivity contribution in [2.24, 2.45) is 5.22 Å². The van der Waals surface area contributed by atoms with Crippen molar-refractivity contribution in [2.45, 2.75) is 31.8 Å². The molecule has 1 saturated heterocycles. The van der Waals surface area contributed by atoms with E-state index in [2.05, 4.69) is 19.1 Å². The standard InChI is InChI=1S/C14H18N4O2/c1-3-9(2)10-4-5-12-11(6-10)18(17-16)13(15)14(20-12)7-19-8-14/h4-6,9,15-16H,3,7-8H2,1-2H3. The highest BCUT2D eigenvalue weighted by Gasteiger charge is 2.52. The molecular weight excluding hydrogens is 256 g/mol. The van der Waals surface area contributed by atoms with E-state index in [1.54, 1.807) is 0 Å². The topological polar surface area (TPSA) is 81.8 Å². The highest BCUT2D eigenvalue weighted by Crippen LogP contribution is 2.42. The zero-order valence-corrected chi connectivity index (χ0v) is 11.6. The fraction of sp³-hybridized carbons (Fsp3) is 0.500. The van der Waals surface area contributed by atoms with Crippen molar-refractivity contribution in [2.75, 3.05) is 18.2 Å². The molecule has 20 heavy (non-hydrogen) atoms. The lowest BCUT2D eigenvalue weighted by molar-refractivity contribution is -0.121. The number of fused-ring (bicyclic) bond motifs is 1. The molecule has 6 heteroatoms. The summed E-state index contributed by atoms with van der Waals surface area (Å²) < 4.78 is 11.1. The Hall–Kier alpha value is -1.95. The van der Waals surface area contributed by atoms with Crippen LogP contribution in [0, 0.1) is 10.9 Å². The smallest absolute Gasteiger partial charge is 0.213 e. The molecule has 1 unspecified atom stereocenters. The monoisotopic (exact) mass is 274 g/mol. The van der Waals surface area contributed by atoms with Crippen molar-refractivity contribution in [1.29, 1.82) is 10.9 Å². The average Bonchev–Trinajstić information content (AvgIpc) is 2.43. The Kier molecular flexibility index (Phi) is 2.97. The SMILES string of the molecule is CCC(C)c1ccc2c(c1)N(N=N)C(=N)C1(COC1)O2. The first kappa shape index (κ1) is 13.1. The Morgan fingerprint density at radius 1 is 1.45 bits per heavy atom. The quantitative estimate of drug-likeness (QED) is 0.831. The Morgan fingerprint density at radius 2 is 2.20 bits per heavy atom. The third-order valence-corrected chi connectivity index (χ3v) is 4.11. The third-order valence-electron chi connectivity index (χ3n) is 4.11. The molecule has 0 bridgehead atoms. The molecule has 0 saturated carbocycles. The first-order valence-electron chi connectivity index (χ1n) is 6.78. The summed E-state index contributed by atoms with van der Waals surface area (Å²) in [5.41, 5.74) is 8.43. The van der Waals surface area contributed by atoms with Gasteiger partial charge >= 0.3 is 0 Å². The van der Waals surface area contributed by atoms with Crippen LogP contribution in [-0.4, -0.2) is 24.7 Å². The average molecular weight is 274 g/mol. The van der Waals surface area contributed by atoms with Crippen LogP contribution in [0.5, 0.6) is 5.75 Å². The second-order valence-corrected chi connectivity index (χ2v) is 5.39. The normalized spacial score (nSPS) is 20.9. The minimum Gasteiger partial charge on any atom is -0.472 e. The molecule has 0 aliphatic carbocycles. The van der Waals surface area contributed by atoms with Gasteiger partial charge in [0, 0.05) is 0 Å². The number of hydrogen-bond donors (Lipinski definition) is 2. The van der Waals surface area contributed by atoms with Gasteiger partial charge in [-0.05, 0) is 30.0 Å². The Morgan fingerprint density at radius 3 is 2.75 bits per heavy atom. The fourth-order valence-corrected chi connectivity index (χ4v) is 2.49. The second-order valence-electron chi connectivity index (χ2n) is 5.39. The lowest BCUT2D eigenvalue weighted by Gasteiger charge is -2.46. The number of rotatable bonds is 3. The molecule has 0 aromatic heterocycles. The Balaban J connectivity index is 2.05. The van der Waals surface area contributed by atoms with Crippen LogP contribution in [0.1, 0.15) is 31.7 Å². The summed E-state index contributed by atoms with van der Waals surface area (Å²) in [6.45, 7) is 4.96. The number of benzene rings is 1. The van der Waals surface area contributed by atoms with Gasteiger partial charge < -0.3 is 9.47 Å². The molecule has 0 amide bonds. The van der Waals surface area contributed by atoms with E-state index in [0.717, 1.165) is 12.0 Å². The zero-order valence-electron chi connectivity index (χ0n) is 11.6. The number of hydrogen-bond acceptors (Lipinski definition) is 5. The van der Waals surface area contributed by atoms with Gasteiger partial charge in [0.1, 0.15) is 11.4 Å². The van der Waals surface area contributed by atoms with Crippen LogP contribution in [0.25, 0.3) is 0 Å². The predicted octanol–water partition coefficient (Wildman–Crippen LogP) is 3.09. The number of amidine groups is 1. The maximum Gasteiger partial charge on any atom is 0.213 e. The van der Waals surface area contributed by atoms with E-state index in [1.165, 1.54) is 5.01 Å². The van der Waals surface area contributed by atoms with Gasteiger partial charge in [-0.2, -0.15) is 10.5 Å². The summed E-state index contributed by atoms with van der Waals surface area (Å²) in [6.07, 6.45) is 1.03. The van der Waals surface area contributed by atoms with Crippen LogP contribution >= 0.6 is 0 Å². The number of ether oxygens (including phenoxy) is 2. The lowest BCUT2D eigenvalue weighted by Crippen LogP contribution is -2.65. The van der Waals surface area contributed by atoms with Crippen LogP contribution in [0.15, 0.2) is 23.4 Å². The molecule has 1 spiro atoms. The van der Waals surface area contributed by atoms with Crippen molar-refractivity contribution in [3.8, 4) is 5.75 Å². The predicted molar refractivity (Wildman–Crippen MR) is 74.7 cm³/mol. The van der Waals surface area contributed by atoms with Gasteiger partial charge in [0.15, 0.2) is 5.84 Å². The molecule has 1 atom stereocenters. The van der Waals surface area contributed by atoms with Crippen molar-refractivity contribution >= 4 is 11.5 Å². The Labute approximate surface area is 117 Å². The number of anilines is 1. The van der Waals surface area contributed by atoms with Gasteiger partial charge in [-0.15, -0.1) is 0 Å². The number of nitrogens with one attached hydrogen (secondary N) is 2. The zero-order chi connectivity index (χ0) is 14.3. The summed E-state index contributed by atoms with van der Waals surface area (Å²) in [7, 11) is 0. The second kappa shape index (κ2) is 4.56.